The number of nitrogens with zero attached hydrogens (tertiary/aromatic N) is 2. The second-order valence-electron chi connectivity index (χ2n) is 7.10. The Kier molecular flexibility index (Phi) is 7.03. The molecule has 0 spiro atoms. The molecule has 5 nitrogen and oxygen atoms in total. The zero-order valence-electron chi connectivity index (χ0n) is 16.3. The van der Waals surface area contributed by atoms with E-state index in [1.54, 1.807) is 29.4 Å². The molecule has 0 bridgehead atoms. The van der Waals surface area contributed by atoms with Gasteiger partial charge in [-0.3, -0.25) is 9.69 Å². The standard InChI is InChI=1S/C22H25N3O2S2/c26-22(18-7-2-3-9-21(18)29-15-17-14-28-16-24-17)23-13-19(20-8-6-12-27-20)25-10-4-1-5-11-25/h2-3,6-9,12,14,16,19H,1,4-5,10-11,13,15H2,(H,23,26). The molecule has 1 atom stereocenters. The van der Waals surface area contributed by atoms with Crippen LogP contribution in [0.15, 0.2) is 62.9 Å². The molecule has 1 N–H and O–H groups in total. The number of hydrogen-bond donors (Lipinski definition) is 1. The van der Waals surface area contributed by atoms with Gasteiger partial charge in [0.05, 0.1) is 29.1 Å². The fourth-order valence-electron chi connectivity index (χ4n) is 3.65. The fourth-order valence-corrected chi connectivity index (χ4v) is 5.26. The van der Waals surface area contributed by atoms with Gasteiger partial charge in [0, 0.05) is 22.6 Å². The highest BCUT2D eigenvalue weighted by Crippen LogP contribution is 2.27. The van der Waals surface area contributed by atoms with Crippen LogP contribution in [0.2, 0.25) is 0 Å². The number of thioether (sulfide) groups is 1. The molecule has 0 aliphatic carbocycles. The summed E-state index contributed by atoms with van der Waals surface area (Å²) >= 11 is 3.24. The first kappa shape index (κ1) is 20.2. The zero-order chi connectivity index (χ0) is 19.9. The molecule has 0 saturated carbocycles. The summed E-state index contributed by atoms with van der Waals surface area (Å²) < 4.78 is 5.69. The number of piperidine rings is 1. The van der Waals surface area contributed by atoms with Crippen LogP contribution in [0.5, 0.6) is 0 Å². The molecule has 1 saturated heterocycles. The van der Waals surface area contributed by atoms with Crippen molar-refractivity contribution in [1.29, 1.82) is 0 Å². The van der Waals surface area contributed by atoms with E-state index in [0.29, 0.717) is 12.1 Å². The molecule has 1 aromatic carbocycles. The highest BCUT2D eigenvalue weighted by molar-refractivity contribution is 7.98. The Labute approximate surface area is 179 Å². The Hall–Kier alpha value is -2.09. The summed E-state index contributed by atoms with van der Waals surface area (Å²) in [6.07, 6.45) is 5.37. The predicted octanol–water partition coefficient (Wildman–Crippen LogP) is 4.99. The summed E-state index contributed by atoms with van der Waals surface area (Å²) in [5.74, 6) is 1.63. The number of nitrogens with one attached hydrogen (secondary N) is 1. The Morgan fingerprint density at radius 1 is 1.21 bits per heavy atom. The number of likely N-dealkylation sites (tertiary alicyclic amines) is 1. The van der Waals surface area contributed by atoms with Crippen LogP contribution in [-0.4, -0.2) is 35.4 Å². The van der Waals surface area contributed by atoms with Gasteiger partial charge < -0.3 is 9.73 Å². The van der Waals surface area contributed by atoms with Gasteiger partial charge in [-0.1, -0.05) is 18.6 Å². The van der Waals surface area contributed by atoms with Gasteiger partial charge in [-0.25, -0.2) is 4.98 Å². The van der Waals surface area contributed by atoms with Crippen LogP contribution >= 0.6 is 23.1 Å². The molecule has 4 rings (SSSR count). The SMILES string of the molecule is O=C(NCC(c1ccco1)N1CCCCC1)c1ccccc1SCc1cscn1. The van der Waals surface area contributed by atoms with Crippen LogP contribution in [0.3, 0.4) is 0 Å². The van der Waals surface area contributed by atoms with Crippen molar-refractivity contribution in [3.05, 3.63) is 70.6 Å². The van der Waals surface area contributed by atoms with Gasteiger partial charge in [-0.2, -0.15) is 0 Å². The fraction of sp³-hybridized carbons (Fsp3) is 0.364. The van der Waals surface area contributed by atoms with Gasteiger partial charge in [-0.15, -0.1) is 23.1 Å². The van der Waals surface area contributed by atoms with Crippen LogP contribution in [-0.2, 0) is 5.75 Å². The minimum atomic E-state index is -0.0417. The van der Waals surface area contributed by atoms with Crippen molar-refractivity contribution >= 4 is 29.0 Å². The van der Waals surface area contributed by atoms with Crippen molar-refractivity contribution in [2.24, 2.45) is 0 Å². The second-order valence-corrected chi connectivity index (χ2v) is 8.84. The molecule has 1 aliphatic heterocycles. The molecule has 1 unspecified atom stereocenters. The van der Waals surface area contributed by atoms with Crippen LogP contribution in [0.25, 0.3) is 0 Å². The van der Waals surface area contributed by atoms with E-state index in [1.165, 1.54) is 19.3 Å². The normalized spacial score (nSPS) is 15.9. The molecule has 1 aliphatic rings. The predicted molar refractivity (Wildman–Crippen MR) is 117 cm³/mol. The van der Waals surface area contributed by atoms with E-state index in [0.717, 1.165) is 35.2 Å². The highest BCUT2D eigenvalue weighted by atomic mass is 32.2. The number of carbonyl (C=O) groups excluding carboxylic acids is 1. The number of amides is 1. The molecule has 3 aromatic rings. The van der Waals surface area contributed by atoms with E-state index in [-0.39, 0.29) is 11.9 Å². The van der Waals surface area contributed by atoms with E-state index >= 15 is 0 Å². The largest absolute Gasteiger partial charge is 0.468 e. The lowest BCUT2D eigenvalue weighted by atomic mass is 10.1. The van der Waals surface area contributed by atoms with Gasteiger partial charge in [0.25, 0.3) is 5.91 Å². The Balaban J connectivity index is 1.42. The Morgan fingerprint density at radius 3 is 2.83 bits per heavy atom. The Bertz CT molecular complexity index is 891. The van der Waals surface area contributed by atoms with E-state index in [9.17, 15) is 4.79 Å². The first-order valence-corrected chi connectivity index (χ1v) is 11.9. The molecule has 152 valence electrons. The van der Waals surface area contributed by atoms with Crippen molar-refractivity contribution in [3.8, 4) is 0 Å². The number of aromatic nitrogens is 1. The highest BCUT2D eigenvalue weighted by Gasteiger charge is 2.25. The van der Waals surface area contributed by atoms with Crippen LogP contribution in [0.4, 0.5) is 0 Å². The van der Waals surface area contributed by atoms with Gasteiger partial charge in [0.2, 0.25) is 0 Å². The number of hydrogen-bond acceptors (Lipinski definition) is 6. The lowest BCUT2D eigenvalue weighted by Crippen LogP contribution is -2.40. The number of thiazole rings is 1. The van der Waals surface area contributed by atoms with E-state index in [1.807, 2.05) is 47.3 Å². The average Bonchev–Trinajstić information content (AvgIpc) is 3.48. The number of furan rings is 1. The van der Waals surface area contributed by atoms with E-state index in [4.69, 9.17) is 4.42 Å². The van der Waals surface area contributed by atoms with Gasteiger partial charge in [0.15, 0.2) is 0 Å². The van der Waals surface area contributed by atoms with Crippen LogP contribution in [0.1, 0.15) is 47.1 Å². The average molecular weight is 428 g/mol. The lowest BCUT2D eigenvalue weighted by molar-refractivity contribution is 0.0911. The second kappa shape index (κ2) is 10.1. The van der Waals surface area contributed by atoms with Crippen molar-refractivity contribution in [2.45, 2.75) is 36.0 Å². The first-order chi connectivity index (χ1) is 14.3. The number of carbonyl (C=O) groups is 1. The third kappa shape index (κ3) is 5.29. The third-order valence-electron chi connectivity index (χ3n) is 5.15. The minimum absolute atomic E-state index is 0.0417. The molecule has 7 heteroatoms. The maximum Gasteiger partial charge on any atom is 0.252 e. The van der Waals surface area contributed by atoms with E-state index < -0.39 is 0 Å². The molecule has 3 heterocycles. The Morgan fingerprint density at radius 2 is 2.07 bits per heavy atom. The maximum atomic E-state index is 13.0. The molecular formula is C22H25N3O2S2. The molecular weight excluding hydrogens is 402 g/mol. The quantitative estimate of drug-likeness (QED) is 0.514. The smallest absolute Gasteiger partial charge is 0.252 e. The number of benzene rings is 1. The third-order valence-corrected chi connectivity index (χ3v) is 6.89. The summed E-state index contributed by atoms with van der Waals surface area (Å²) in [5.41, 5.74) is 3.59. The summed E-state index contributed by atoms with van der Waals surface area (Å²) in [6, 6.07) is 11.8. The van der Waals surface area contributed by atoms with Crippen molar-refractivity contribution < 1.29 is 9.21 Å². The van der Waals surface area contributed by atoms with E-state index in [2.05, 4.69) is 15.2 Å². The van der Waals surface area contributed by atoms with Crippen LogP contribution in [0, 0.1) is 0 Å². The van der Waals surface area contributed by atoms with Crippen molar-refractivity contribution in [2.75, 3.05) is 19.6 Å². The maximum absolute atomic E-state index is 13.0. The molecule has 1 amide bonds. The molecule has 1 fully saturated rings. The van der Waals surface area contributed by atoms with Crippen molar-refractivity contribution in [1.82, 2.24) is 15.2 Å². The summed E-state index contributed by atoms with van der Waals surface area (Å²) in [6.45, 7) is 2.63. The van der Waals surface area contributed by atoms with Gasteiger partial charge in [0.1, 0.15) is 5.76 Å². The number of rotatable bonds is 8. The summed E-state index contributed by atoms with van der Waals surface area (Å²) in [5, 5.41) is 5.19. The lowest BCUT2D eigenvalue weighted by Gasteiger charge is -2.33. The summed E-state index contributed by atoms with van der Waals surface area (Å²) in [7, 11) is 0. The molecule has 2 aromatic heterocycles. The molecule has 29 heavy (non-hydrogen) atoms. The van der Waals surface area contributed by atoms with Gasteiger partial charge in [-0.05, 0) is 50.2 Å². The molecule has 0 radical (unpaired) electrons. The first-order valence-electron chi connectivity index (χ1n) is 9.96. The van der Waals surface area contributed by atoms with Crippen LogP contribution < -0.4 is 5.32 Å². The summed E-state index contributed by atoms with van der Waals surface area (Å²) in [4.78, 5) is 20.7. The zero-order valence-corrected chi connectivity index (χ0v) is 17.9. The van der Waals surface area contributed by atoms with Crippen molar-refractivity contribution in [3.63, 3.8) is 0 Å². The monoisotopic (exact) mass is 427 g/mol. The minimum Gasteiger partial charge on any atom is -0.468 e. The topological polar surface area (TPSA) is 58.4 Å². The van der Waals surface area contributed by atoms with Gasteiger partial charge >= 0.3 is 0 Å².